The van der Waals surface area contributed by atoms with Crippen molar-refractivity contribution in [2.45, 2.75) is 0 Å². The first-order valence-corrected chi connectivity index (χ1v) is 7.51. The lowest BCUT2D eigenvalue weighted by Gasteiger charge is -2.15. The maximum atomic E-state index is 4.03. The van der Waals surface area contributed by atoms with Gasteiger partial charge in [0.2, 0.25) is 0 Å². The zero-order valence-corrected chi connectivity index (χ0v) is 12.3. The van der Waals surface area contributed by atoms with Gasteiger partial charge in [-0.2, -0.15) is 0 Å². The molecule has 0 aliphatic rings. The van der Waals surface area contributed by atoms with Gasteiger partial charge in [0.1, 0.15) is 0 Å². The highest BCUT2D eigenvalue weighted by Crippen LogP contribution is 2.39. The van der Waals surface area contributed by atoms with Gasteiger partial charge in [-0.3, -0.25) is 0 Å². The molecule has 0 radical (unpaired) electrons. The lowest BCUT2D eigenvalue weighted by molar-refractivity contribution is 1.67. The molecule has 0 fully saturated rings. The molecule has 0 bridgehead atoms. The molecule has 104 valence electrons. The topological polar surface area (TPSA) is 0 Å². The second-order valence-corrected chi connectivity index (χ2v) is 5.45. The molecular weight excluding hydrogens is 264 g/mol. The summed E-state index contributed by atoms with van der Waals surface area (Å²) in [5.74, 6) is 0. The molecule has 4 aromatic carbocycles. The van der Waals surface area contributed by atoms with E-state index in [4.69, 9.17) is 0 Å². The number of benzene rings is 4. The van der Waals surface area contributed by atoms with Crippen molar-refractivity contribution in [3.05, 3.63) is 91.0 Å². The van der Waals surface area contributed by atoms with E-state index in [2.05, 4.69) is 85.4 Å². The van der Waals surface area contributed by atoms with Crippen LogP contribution < -0.4 is 0 Å². The molecule has 0 nitrogen and oxygen atoms in total. The van der Waals surface area contributed by atoms with Crippen molar-refractivity contribution in [2.75, 3.05) is 0 Å². The third-order valence-electron chi connectivity index (χ3n) is 4.24. The van der Waals surface area contributed by atoms with Gasteiger partial charge in [0.25, 0.3) is 0 Å². The third-order valence-corrected chi connectivity index (χ3v) is 4.24. The van der Waals surface area contributed by atoms with Crippen molar-refractivity contribution in [1.29, 1.82) is 0 Å². The predicted octanol–water partition coefficient (Wildman–Crippen LogP) is 6.30. The van der Waals surface area contributed by atoms with E-state index in [1.54, 1.807) is 0 Å². The van der Waals surface area contributed by atoms with Crippen LogP contribution in [0.25, 0.3) is 38.7 Å². The molecule has 0 aliphatic heterocycles. The molecule has 0 aliphatic carbocycles. The van der Waals surface area contributed by atoms with Crippen LogP contribution in [-0.2, 0) is 0 Å². The molecule has 0 amide bonds. The van der Waals surface area contributed by atoms with E-state index in [1.807, 2.05) is 6.08 Å². The Balaban J connectivity index is 2.29. The molecule has 0 spiro atoms. The normalized spacial score (nSPS) is 10.9. The Bertz CT molecular complexity index is 922. The summed E-state index contributed by atoms with van der Waals surface area (Å²) in [5.41, 5.74) is 3.77. The van der Waals surface area contributed by atoms with E-state index >= 15 is 0 Å². The van der Waals surface area contributed by atoms with Gasteiger partial charge in [0, 0.05) is 0 Å². The van der Waals surface area contributed by atoms with Crippen molar-refractivity contribution in [3.63, 3.8) is 0 Å². The zero-order valence-electron chi connectivity index (χ0n) is 12.3. The Labute approximate surface area is 130 Å². The fraction of sp³-hybridized carbons (Fsp3) is 0. The highest BCUT2D eigenvalue weighted by molar-refractivity contribution is 6.17. The molecule has 0 heterocycles. The van der Waals surface area contributed by atoms with Gasteiger partial charge in [-0.1, -0.05) is 91.5 Å². The molecule has 0 atom stereocenters. The summed E-state index contributed by atoms with van der Waals surface area (Å²) in [6.07, 6.45) is 1.97. The van der Waals surface area contributed by atoms with Crippen LogP contribution in [0.1, 0.15) is 5.56 Å². The molecule has 0 saturated heterocycles. The van der Waals surface area contributed by atoms with Crippen LogP contribution in [0.15, 0.2) is 85.4 Å². The molecule has 0 heteroatoms. The van der Waals surface area contributed by atoms with Crippen molar-refractivity contribution in [3.8, 4) is 11.1 Å². The highest BCUT2D eigenvalue weighted by atomic mass is 14.2. The molecule has 0 aromatic heterocycles. The Morgan fingerprint density at radius 1 is 0.545 bits per heavy atom. The van der Waals surface area contributed by atoms with Gasteiger partial charge in [0.05, 0.1) is 0 Å². The lowest BCUT2D eigenvalue weighted by atomic mass is 9.88. The second-order valence-electron chi connectivity index (χ2n) is 5.45. The van der Waals surface area contributed by atoms with Crippen molar-refractivity contribution < 1.29 is 0 Å². The standard InChI is InChI=1S/C22H16/c1-2-17-18-12-6-8-14-20(18)22(16-10-4-3-5-11-16)21-15-9-7-13-19(17)21/h2-15H,1H2. The van der Waals surface area contributed by atoms with Gasteiger partial charge in [0.15, 0.2) is 0 Å². The summed E-state index contributed by atoms with van der Waals surface area (Å²) in [5, 5.41) is 5.08. The van der Waals surface area contributed by atoms with Crippen molar-refractivity contribution >= 4 is 27.6 Å². The molecule has 0 N–H and O–H groups in total. The SMILES string of the molecule is C=Cc1c2ccccc2c(-c2ccccc2)c2ccccc12. The van der Waals surface area contributed by atoms with Gasteiger partial charge in [-0.25, -0.2) is 0 Å². The minimum absolute atomic E-state index is 1.21. The highest BCUT2D eigenvalue weighted by Gasteiger charge is 2.12. The number of hydrogen-bond donors (Lipinski definition) is 0. The van der Waals surface area contributed by atoms with Gasteiger partial charge in [-0.15, -0.1) is 0 Å². The van der Waals surface area contributed by atoms with Crippen LogP contribution in [0.3, 0.4) is 0 Å². The number of hydrogen-bond acceptors (Lipinski definition) is 0. The first-order chi connectivity index (χ1) is 10.9. The largest absolute Gasteiger partial charge is 0.0984 e. The van der Waals surface area contributed by atoms with Crippen molar-refractivity contribution in [2.24, 2.45) is 0 Å². The van der Waals surface area contributed by atoms with E-state index in [9.17, 15) is 0 Å². The molecule has 22 heavy (non-hydrogen) atoms. The monoisotopic (exact) mass is 280 g/mol. The Kier molecular flexibility index (Phi) is 3.01. The van der Waals surface area contributed by atoms with Crippen LogP contribution in [0.2, 0.25) is 0 Å². The maximum Gasteiger partial charge on any atom is -0.00264 e. The van der Waals surface area contributed by atoms with Gasteiger partial charge >= 0.3 is 0 Å². The molecule has 4 rings (SSSR count). The summed E-state index contributed by atoms with van der Waals surface area (Å²) in [7, 11) is 0. The Morgan fingerprint density at radius 2 is 1.00 bits per heavy atom. The first-order valence-electron chi connectivity index (χ1n) is 7.51. The van der Waals surface area contributed by atoms with E-state index in [-0.39, 0.29) is 0 Å². The van der Waals surface area contributed by atoms with Crippen LogP contribution in [0, 0.1) is 0 Å². The first kappa shape index (κ1) is 12.8. The van der Waals surface area contributed by atoms with Crippen LogP contribution in [0.4, 0.5) is 0 Å². The van der Waals surface area contributed by atoms with Gasteiger partial charge in [-0.05, 0) is 38.2 Å². The average molecular weight is 280 g/mol. The maximum absolute atomic E-state index is 4.03. The summed E-state index contributed by atoms with van der Waals surface area (Å²) in [4.78, 5) is 0. The molecular formula is C22H16. The minimum Gasteiger partial charge on any atom is -0.0984 e. The Morgan fingerprint density at radius 3 is 1.50 bits per heavy atom. The van der Waals surface area contributed by atoms with Crippen LogP contribution in [0.5, 0.6) is 0 Å². The van der Waals surface area contributed by atoms with Crippen molar-refractivity contribution in [1.82, 2.24) is 0 Å². The summed E-state index contributed by atoms with van der Waals surface area (Å²) >= 11 is 0. The summed E-state index contributed by atoms with van der Waals surface area (Å²) < 4.78 is 0. The molecule has 0 unspecified atom stereocenters. The fourth-order valence-corrected chi connectivity index (χ4v) is 3.30. The second kappa shape index (κ2) is 5.16. The van der Waals surface area contributed by atoms with E-state index in [0.717, 1.165) is 0 Å². The molecule has 4 aromatic rings. The zero-order chi connectivity index (χ0) is 14.9. The lowest BCUT2D eigenvalue weighted by Crippen LogP contribution is -1.89. The molecule has 0 saturated carbocycles. The van der Waals surface area contributed by atoms with E-state index in [0.29, 0.717) is 0 Å². The van der Waals surface area contributed by atoms with Crippen LogP contribution >= 0.6 is 0 Å². The summed E-state index contributed by atoms with van der Waals surface area (Å²) in [6.45, 7) is 4.03. The summed E-state index contributed by atoms with van der Waals surface area (Å²) in [6, 6.07) is 27.8. The number of fused-ring (bicyclic) bond motifs is 2. The van der Waals surface area contributed by atoms with Gasteiger partial charge < -0.3 is 0 Å². The average Bonchev–Trinajstić information content (AvgIpc) is 2.60. The van der Waals surface area contributed by atoms with Crippen LogP contribution in [-0.4, -0.2) is 0 Å². The van der Waals surface area contributed by atoms with E-state index in [1.165, 1.54) is 38.2 Å². The number of rotatable bonds is 2. The third kappa shape index (κ3) is 1.85. The minimum atomic E-state index is 1.21. The smallest absolute Gasteiger partial charge is 0.00264 e. The van der Waals surface area contributed by atoms with E-state index < -0.39 is 0 Å². The quantitative estimate of drug-likeness (QED) is 0.378. The fourth-order valence-electron chi connectivity index (χ4n) is 3.30. The predicted molar refractivity (Wildman–Crippen MR) is 97.0 cm³/mol. The Hall–Kier alpha value is -2.86.